The minimum atomic E-state index is 0.174. The molecule has 1 aromatic rings. The number of hydrogen-bond acceptors (Lipinski definition) is 4. The Balaban J connectivity index is 1.63. The largest absolute Gasteiger partial charge is 0.338 e. The van der Waals surface area contributed by atoms with E-state index in [0.717, 1.165) is 24.6 Å². The number of hydrogen-bond donors (Lipinski definition) is 1. The third kappa shape index (κ3) is 2.70. The summed E-state index contributed by atoms with van der Waals surface area (Å²) >= 11 is 0. The number of carbonyl (C=O) groups excluding carboxylic acids is 1. The van der Waals surface area contributed by atoms with Crippen molar-refractivity contribution < 1.29 is 4.79 Å². The van der Waals surface area contributed by atoms with E-state index in [1.807, 2.05) is 0 Å². The Morgan fingerprint density at radius 2 is 2.10 bits per heavy atom. The third-order valence-electron chi connectivity index (χ3n) is 4.66. The fraction of sp³-hybridized carbons (Fsp3) is 0.786. The van der Waals surface area contributed by atoms with E-state index in [-0.39, 0.29) is 12.5 Å². The Morgan fingerprint density at radius 1 is 1.30 bits per heavy atom. The van der Waals surface area contributed by atoms with Crippen LogP contribution in [0.25, 0.3) is 0 Å². The zero-order valence-electron chi connectivity index (χ0n) is 11.9. The summed E-state index contributed by atoms with van der Waals surface area (Å²) in [6.07, 6.45) is 9.29. The van der Waals surface area contributed by atoms with Crippen LogP contribution >= 0.6 is 0 Å². The molecule has 0 spiro atoms. The number of amides is 1. The lowest BCUT2D eigenvalue weighted by Crippen LogP contribution is -2.41. The van der Waals surface area contributed by atoms with Crippen LogP contribution in [0.3, 0.4) is 0 Å². The third-order valence-corrected chi connectivity index (χ3v) is 4.66. The van der Waals surface area contributed by atoms with Crippen LogP contribution in [-0.2, 0) is 17.9 Å². The minimum Gasteiger partial charge on any atom is -0.338 e. The summed E-state index contributed by atoms with van der Waals surface area (Å²) in [4.78, 5) is 14.6. The van der Waals surface area contributed by atoms with Gasteiger partial charge in [0.1, 0.15) is 6.54 Å². The zero-order valence-corrected chi connectivity index (χ0v) is 11.9. The first kappa shape index (κ1) is 13.5. The molecule has 3 rings (SSSR count). The van der Waals surface area contributed by atoms with Crippen LogP contribution in [0.2, 0.25) is 0 Å². The number of rotatable bonds is 4. The topological polar surface area (TPSA) is 77.0 Å². The molecule has 2 fully saturated rings. The Hall–Kier alpha value is -1.43. The summed E-state index contributed by atoms with van der Waals surface area (Å²) in [6, 6.07) is 0.461. The van der Waals surface area contributed by atoms with Gasteiger partial charge >= 0.3 is 0 Å². The average molecular weight is 277 g/mol. The first-order valence-corrected chi connectivity index (χ1v) is 7.66. The SMILES string of the molecule is NCc1cn(CC(=O)N2CCCC2C2CCCC2)nn1. The van der Waals surface area contributed by atoms with Gasteiger partial charge in [0.25, 0.3) is 0 Å². The van der Waals surface area contributed by atoms with Crippen molar-refractivity contribution in [1.29, 1.82) is 0 Å². The molecule has 2 heterocycles. The van der Waals surface area contributed by atoms with E-state index in [9.17, 15) is 4.79 Å². The van der Waals surface area contributed by atoms with Crippen LogP contribution in [0.15, 0.2) is 6.20 Å². The molecule has 1 atom stereocenters. The number of likely N-dealkylation sites (tertiary alicyclic amines) is 1. The van der Waals surface area contributed by atoms with Crippen LogP contribution < -0.4 is 5.73 Å². The van der Waals surface area contributed by atoms with Crippen molar-refractivity contribution in [2.45, 2.75) is 57.7 Å². The van der Waals surface area contributed by atoms with Gasteiger partial charge in [-0.25, -0.2) is 4.68 Å². The molecule has 1 unspecified atom stereocenters. The normalized spacial score (nSPS) is 23.6. The van der Waals surface area contributed by atoms with E-state index in [1.165, 1.54) is 32.1 Å². The average Bonchev–Trinajstić information content (AvgIpc) is 3.19. The number of carbonyl (C=O) groups is 1. The zero-order chi connectivity index (χ0) is 13.9. The molecule has 1 aliphatic heterocycles. The first-order valence-electron chi connectivity index (χ1n) is 7.66. The van der Waals surface area contributed by atoms with E-state index >= 15 is 0 Å². The summed E-state index contributed by atoms with van der Waals surface area (Å²) in [5.41, 5.74) is 6.24. The highest BCUT2D eigenvalue weighted by Crippen LogP contribution is 2.35. The highest BCUT2D eigenvalue weighted by Gasteiger charge is 2.35. The van der Waals surface area contributed by atoms with Gasteiger partial charge < -0.3 is 10.6 Å². The van der Waals surface area contributed by atoms with Gasteiger partial charge in [0.2, 0.25) is 5.91 Å². The van der Waals surface area contributed by atoms with E-state index in [1.54, 1.807) is 10.9 Å². The monoisotopic (exact) mass is 277 g/mol. The Bertz CT molecular complexity index is 466. The molecule has 1 saturated carbocycles. The smallest absolute Gasteiger partial charge is 0.244 e. The van der Waals surface area contributed by atoms with Gasteiger partial charge in [0.15, 0.2) is 0 Å². The maximum absolute atomic E-state index is 12.5. The summed E-state index contributed by atoms with van der Waals surface area (Å²) in [6.45, 7) is 1.55. The summed E-state index contributed by atoms with van der Waals surface area (Å²) in [7, 11) is 0. The van der Waals surface area contributed by atoms with Crippen molar-refractivity contribution in [3.05, 3.63) is 11.9 Å². The molecule has 2 aliphatic rings. The lowest BCUT2D eigenvalue weighted by Gasteiger charge is -2.29. The summed E-state index contributed by atoms with van der Waals surface area (Å²) < 4.78 is 1.61. The van der Waals surface area contributed by atoms with Gasteiger partial charge in [-0.1, -0.05) is 18.1 Å². The lowest BCUT2D eigenvalue weighted by atomic mass is 9.96. The summed E-state index contributed by atoms with van der Waals surface area (Å²) in [5.74, 6) is 0.893. The van der Waals surface area contributed by atoms with Crippen LogP contribution in [0.1, 0.15) is 44.2 Å². The molecular formula is C14H23N5O. The predicted molar refractivity (Wildman–Crippen MR) is 74.6 cm³/mol. The Morgan fingerprint density at radius 3 is 2.80 bits per heavy atom. The van der Waals surface area contributed by atoms with Crippen LogP contribution in [0, 0.1) is 5.92 Å². The molecule has 20 heavy (non-hydrogen) atoms. The van der Waals surface area contributed by atoms with Crippen molar-refractivity contribution in [2.75, 3.05) is 6.54 Å². The van der Waals surface area contributed by atoms with Gasteiger partial charge in [0.05, 0.1) is 11.9 Å². The van der Waals surface area contributed by atoms with Crippen molar-refractivity contribution in [3.8, 4) is 0 Å². The second kappa shape index (κ2) is 5.91. The fourth-order valence-electron chi connectivity index (χ4n) is 3.67. The quantitative estimate of drug-likeness (QED) is 0.887. The molecule has 110 valence electrons. The molecule has 6 heteroatoms. The van der Waals surface area contributed by atoms with Crippen molar-refractivity contribution in [2.24, 2.45) is 11.7 Å². The van der Waals surface area contributed by atoms with E-state index in [4.69, 9.17) is 5.73 Å². The van der Waals surface area contributed by atoms with Gasteiger partial charge in [-0.2, -0.15) is 0 Å². The highest BCUT2D eigenvalue weighted by atomic mass is 16.2. The Kier molecular flexibility index (Phi) is 4.00. The van der Waals surface area contributed by atoms with Crippen molar-refractivity contribution >= 4 is 5.91 Å². The minimum absolute atomic E-state index is 0.174. The number of nitrogens with zero attached hydrogens (tertiary/aromatic N) is 4. The van der Waals surface area contributed by atoms with Gasteiger partial charge in [-0.15, -0.1) is 5.10 Å². The van der Waals surface area contributed by atoms with E-state index in [2.05, 4.69) is 15.2 Å². The van der Waals surface area contributed by atoms with Gasteiger partial charge in [0, 0.05) is 19.1 Å². The van der Waals surface area contributed by atoms with Gasteiger partial charge in [-0.05, 0) is 31.6 Å². The first-order chi connectivity index (χ1) is 9.78. The fourth-order valence-corrected chi connectivity index (χ4v) is 3.67. The molecule has 1 aromatic heterocycles. The summed E-state index contributed by atoms with van der Waals surface area (Å²) in [5, 5.41) is 7.89. The van der Waals surface area contributed by atoms with Crippen LogP contribution in [0.5, 0.6) is 0 Å². The predicted octanol–water partition coefficient (Wildman–Crippen LogP) is 0.918. The second-order valence-electron chi connectivity index (χ2n) is 5.95. The van der Waals surface area contributed by atoms with E-state index in [0.29, 0.717) is 12.6 Å². The standard InChI is InChI=1S/C14H23N5O/c15-8-12-9-18(17-16-12)10-14(20)19-7-3-6-13(19)11-4-1-2-5-11/h9,11,13H,1-8,10,15H2. The Labute approximate surface area is 119 Å². The van der Waals surface area contributed by atoms with Gasteiger partial charge in [-0.3, -0.25) is 4.79 Å². The molecule has 1 aliphatic carbocycles. The number of nitrogens with two attached hydrogens (primary N) is 1. The van der Waals surface area contributed by atoms with Crippen LogP contribution in [-0.4, -0.2) is 38.4 Å². The lowest BCUT2D eigenvalue weighted by molar-refractivity contribution is -0.133. The molecule has 1 saturated heterocycles. The maximum Gasteiger partial charge on any atom is 0.244 e. The van der Waals surface area contributed by atoms with Crippen molar-refractivity contribution in [1.82, 2.24) is 19.9 Å². The molecule has 0 radical (unpaired) electrons. The second-order valence-corrected chi connectivity index (χ2v) is 5.95. The molecule has 2 N–H and O–H groups in total. The molecule has 0 bridgehead atoms. The molecule has 0 aromatic carbocycles. The van der Waals surface area contributed by atoms with Crippen molar-refractivity contribution in [3.63, 3.8) is 0 Å². The molecular weight excluding hydrogens is 254 g/mol. The molecule has 1 amide bonds. The van der Waals surface area contributed by atoms with Crippen LogP contribution in [0.4, 0.5) is 0 Å². The maximum atomic E-state index is 12.5. The van der Waals surface area contributed by atoms with E-state index < -0.39 is 0 Å². The highest BCUT2D eigenvalue weighted by molar-refractivity contribution is 5.76. The molecule has 6 nitrogen and oxygen atoms in total. The number of aromatic nitrogens is 3.